The lowest BCUT2D eigenvalue weighted by Crippen LogP contribution is -2.58. The van der Waals surface area contributed by atoms with Crippen LogP contribution >= 0.6 is 0 Å². The Morgan fingerprint density at radius 1 is 0.900 bits per heavy atom. The molecule has 1 N–H and O–H groups in total. The van der Waals surface area contributed by atoms with Crippen molar-refractivity contribution >= 4 is 11.6 Å². The van der Waals surface area contributed by atoms with E-state index in [0.717, 1.165) is 25.0 Å². The molecule has 0 radical (unpaired) electrons. The van der Waals surface area contributed by atoms with Crippen LogP contribution < -0.4 is 5.32 Å². The molecular formula is C27H52N2O. The molecule has 1 saturated heterocycles. The molecule has 1 heterocycles. The summed E-state index contributed by atoms with van der Waals surface area (Å²) < 4.78 is 0. The Bertz CT molecular complexity index is 505. The van der Waals surface area contributed by atoms with Gasteiger partial charge in [0, 0.05) is 23.7 Å². The minimum atomic E-state index is -0.0348. The number of carbonyl (C=O) groups is 1. The van der Waals surface area contributed by atoms with Crippen LogP contribution in [0.25, 0.3) is 0 Å². The van der Waals surface area contributed by atoms with Crippen LogP contribution in [0.2, 0.25) is 0 Å². The zero-order valence-electron chi connectivity index (χ0n) is 21.4. The molecule has 1 amide bonds. The average molecular weight is 421 g/mol. The number of hydrogen-bond donors (Lipinski definition) is 1. The second kappa shape index (κ2) is 13.7. The molecule has 0 aromatic rings. The van der Waals surface area contributed by atoms with Crippen LogP contribution in [0.15, 0.2) is 4.99 Å². The molecule has 1 fully saturated rings. The summed E-state index contributed by atoms with van der Waals surface area (Å²) in [6.07, 6.45) is 18.1. The molecule has 1 aliphatic heterocycles. The summed E-state index contributed by atoms with van der Waals surface area (Å²) in [7, 11) is 0. The van der Waals surface area contributed by atoms with E-state index in [1.165, 1.54) is 70.6 Å². The number of unbranched alkanes of at least 4 members (excludes halogenated alkanes) is 9. The number of amides is 1. The predicted octanol–water partition coefficient (Wildman–Crippen LogP) is 7.87. The van der Waals surface area contributed by atoms with Gasteiger partial charge in [-0.3, -0.25) is 4.79 Å². The zero-order valence-corrected chi connectivity index (χ0v) is 21.4. The molecule has 0 aliphatic carbocycles. The number of nitrogens with one attached hydrogen (secondary N) is 1. The monoisotopic (exact) mass is 420 g/mol. The molecule has 0 aromatic carbocycles. The fourth-order valence-corrected chi connectivity index (χ4v) is 5.64. The second-order valence-corrected chi connectivity index (χ2v) is 11.4. The first-order valence-corrected chi connectivity index (χ1v) is 12.9. The highest BCUT2D eigenvalue weighted by atomic mass is 16.1. The summed E-state index contributed by atoms with van der Waals surface area (Å²) in [5.41, 5.74) is 1.44. The molecule has 30 heavy (non-hydrogen) atoms. The Morgan fingerprint density at radius 2 is 1.37 bits per heavy atom. The van der Waals surface area contributed by atoms with Crippen molar-refractivity contribution in [3.05, 3.63) is 0 Å². The molecule has 0 spiro atoms. The molecule has 0 saturated carbocycles. The lowest BCUT2D eigenvalue weighted by Gasteiger charge is -2.47. The van der Waals surface area contributed by atoms with E-state index in [0.29, 0.717) is 11.8 Å². The van der Waals surface area contributed by atoms with Gasteiger partial charge in [-0.2, -0.15) is 0 Å². The molecule has 3 nitrogen and oxygen atoms in total. The molecular weight excluding hydrogens is 368 g/mol. The van der Waals surface area contributed by atoms with Gasteiger partial charge in [0.1, 0.15) is 0 Å². The van der Waals surface area contributed by atoms with E-state index >= 15 is 0 Å². The Morgan fingerprint density at radius 3 is 1.83 bits per heavy atom. The van der Waals surface area contributed by atoms with Gasteiger partial charge in [0.05, 0.1) is 0 Å². The number of aliphatic imine (C=N–C) groups is 1. The fraction of sp³-hybridized carbons (Fsp3) is 0.926. The molecule has 1 atom stereocenters. The minimum absolute atomic E-state index is 0.0348. The average Bonchev–Trinajstić information content (AvgIpc) is 2.59. The smallest absolute Gasteiger partial charge is 0.242 e. The first kappa shape index (κ1) is 27.3. The summed E-state index contributed by atoms with van der Waals surface area (Å²) in [4.78, 5) is 16.3. The molecule has 1 aliphatic rings. The maximum Gasteiger partial charge on any atom is 0.242 e. The number of carbonyl (C=O) groups excluding carboxylic acids is 1. The van der Waals surface area contributed by atoms with Crippen molar-refractivity contribution in [3.63, 3.8) is 0 Å². The molecule has 0 bridgehead atoms. The highest BCUT2D eigenvalue weighted by molar-refractivity contribution is 5.96. The van der Waals surface area contributed by atoms with Gasteiger partial charge in [-0.25, -0.2) is 4.99 Å². The first-order valence-electron chi connectivity index (χ1n) is 12.9. The Labute approximate surface area is 188 Å². The summed E-state index contributed by atoms with van der Waals surface area (Å²) in [5, 5.41) is 3.77. The van der Waals surface area contributed by atoms with E-state index in [1.807, 2.05) is 0 Å². The highest BCUT2D eigenvalue weighted by Crippen LogP contribution is 2.35. The molecule has 176 valence electrons. The number of nitrogens with zero attached hydrogens (tertiary/aromatic N) is 1. The van der Waals surface area contributed by atoms with Crippen LogP contribution in [0, 0.1) is 11.8 Å². The Balaban J connectivity index is 2.40. The van der Waals surface area contributed by atoms with Crippen molar-refractivity contribution < 1.29 is 4.79 Å². The third-order valence-corrected chi connectivity index (χ3v) is 6.63. The number of rotatable bonds is 14. The predicted molar refractivity (Wildman–Crippen MR) is 132 cm³/mol. The second-order valence-electron chi connectivity index (χ2n) is 11.4. The van der Waals surface area contributed by atoms with Gasteiger partial charge in [0.25, 0.3) is 0 Å². The highest BCUT2D eigenvalue weighted by Gasteiger charge is 2.38. The van der Waals surface area contributed by atoms with Crippen molar-refractivity contribution in [2.24, 2.45) is 16.8 Å². The van der Waals surface area contributed by atoms with Crippen LogP contribution in [0.1, 0.15) is 138 Å². The van der Waals surface area contributed by atoms with E-state index in [1.54, 1.807) is 6.92 Å². The van der Waals surface area contributed by atoms with Gasteiger partial charge >= 0.3 is 0 Å². The largest absolute Gasteiger partial charge is 0.307 e. The van der Waals surface area contributed by atoms with Crippen molar-refractivity contribution in [1.29, 1.82) is 0 Å². The van der Waals surface area contributed by atoms with Crippen LogP contribution in [0.5, 0.6) is 0 Å². The fourth-order valence-electron chi connectivity index (χ4n) is 5.64. The maximum atomic E-state index is 11.8. The SMILES string of the molecule is CCCCCCCCCCCCC(C)C(CC1CC(C)(C)NC(C)(C)C1)=NC(C)=O. The number of hydrogen-bond acceptors (Lipinski definition) is 2. The van der Waals surface area contributed by atoms with E-state index < -0.39 is 0 Å². The molecule has 0 aromatic heterocycles. The van der Waals surface area contributed by atoms with E-state index in [9.17, 15) is 4.79 Å². The molecule has 1 rings (SSSR count). The first-order chi connectivity index (χ1) is 14.0. The zero-order chi connectivity index (χ0) is 22.6. The van der Waals surface area contributed by atoms with Gasteiger partial charge < -0.3 is 5.32 Å². The minimum Gasteiger partial charge on any atom is -0.307 e. The van der Waals surface area contributed by atoms with E-state index in [4.69, 9.17) is 0 Å². The quantitative estimate of drug-likeness (QED) is 0.229. The van der Waals surface area contributed by atoms with Crippen molar-refractivity contribution in [3.8, 4) is 0 Å². The summed E-state index contributed by atoms with van der Waals surface area (Å²) >= 11 is 0. The third-order valence-electron chi connectivity index (χ3n) is 6.63. The van der Waals surface area contributed by atoms with Gasteiger partial charge in [0.15, 0.2) is 0 Å². The lowest BCUT2D eigenvalue weighted by molar-refractivity contribution is -0.115. The van der Waals surface area contributed by atoms with E-state index in [-0.39, 0.29) is 17.0 Å². The van der Waals surface area contributed by atoms with Gasteiger partial charge in [0.2, 0.25) is 5.91 Å². The standard InChI is InChI=1S/C27H52N2O/c1-8-9-10-11-12-13-14-15-16-17-18-22(2)25(28-23(3)30)19-24-20-26(4,5)29-27(6,7)21-24/h22,24,29H,8-21H2,1-7H3. The summed E-state index contributed by atoms with van der Waals surface area (Å²) in [6, 6.07) is 0. The molecule has 1 unspecified atom stereocenters. The van der Waals surface area contributed by atoms with Gasteiger partial charge in [-0.1, -0.05) is 78.1 Å². The van der Waals surface area contributed by atoms with Gasteiger partial charge in [-0.15, -0.1) is 0 Å². The van der Waals surface area contributed by atoms with E-state index in [2.05, 4.69) is 51.9 Å². The van der Waals surface area contributed by atoms with Crippen LogP contribution in [0.3, 0.4) is 0 Å². The van der Waals surface area contributed by atoms with Crippen LogP contribution in [-0.2, 0) is 4.79 Å². The maximum absolute atomic E-state index is 11.8. The normalized spacial score (nSPS) is 20.3. The van der Waals surface area contributed by atoms with Crippen molar-refractivity contribution in [1.82, 2.24) is 5.32 Å². The number of piperidine rings is 1. The van der Waals surface area contributed by atoms with Crippen LogP contribution in [0.4, 0.5) is 0 Å². The summed E-state index contributed by atoms with van der Waals surface area (Å²) in [5.74, 6) is 0.987. The Kier molecular flexibility index (Phi) is 12.4. The third kappa shape index (κ3) is 12.2. The molecule has 3 heteroatoms. The van der Waals surface area contributed by atoms with Crippen LogP contribution in [-0.4, -0.2) is 22.7 Å². The van der Waals surface area contributed by atoms with Gasteiger partial charge in [-0.05, 0) is 65.2 Å². The Hall–Kier alpha value is -0.700. The lowest BCUT2D eigenvalue weighted by atomic mass is 9.73. The summed E-state index contributed by atoms with van der Waals surface area (Å²) in [6.45, 7) is 15.4. The topological polar surface area (TPSA) is 41.5 Å². The van der Waals surface area contributed by atoms with Crippen molar-refractivity contribution in [2.75, 3.05) is 0 Å². The van der Waals surface area contributed by atoms with Crippen molar-refractivity contribution in [2.45, 2.75) is 149 Å².